The molecule has 0 aromatic rings. The van der Waals surface area contributed by atoms with Gasteiger partial charge >= 0.3 is 0 Å². The molecule has 2 heterocycles. The van der Waals surface area contributed by atoms with Crippen molar-refractivity contribution in [3.05, 3.63) is 0 Å². The number of nitrogens with zero attached hydrogens (tertiary/aromatic N) is 2. The molecule has 3 fully saturated rings. The van der Waals surface area contributed by atoms with Crippen LogP contribution >= 0.6 is 0 Å². The van der Waals surface area contributed by atoms with Gasteiger partial charge in [-0.25, -0.2) is 0 Å². The molecule has 2 saturated heterocycles. The minimum absolute atomic E-state index is 0.0750. The molecule has 0 aromatic heterocycles. The normalized spacial score (nSPS) is 40.5. The minimum atomic E-state index is 0.0750. The van der Waals surface area contributed by atoms with Crippen molar-refractivity contribution in [1.29, 1.82) is 0 Å². The summed E-state index contributed by atoms with van der Waals surface area (Å²) in [6, 6.07) is 1.12. The van der Waals surface area contributed by atoms with Crippen LogP contribution in [0.1, 0.15) is 32.6 Å². The summed E-state index contributed by atoms with van der Waals surface area (Å²) in [7, 11) is 0. The van der Waals surface area contributed by atoms with Gasteiger partial charge < -0.3 is 16.4 Å². The molecule has 18 heavy (non-hydrogen) atoms. The minimum Gasteiger partial charge on any atom is -0.326 e. The highest BCUT2D eigenvalue weighted by molar-refractivity contribution is 5.00. The van der Waals surface area contributed by atoms with Gasteiger partial charge in [-0.05, 0) is 51.6 Å². The first-order chi connectivity index (χ1) is 8.53. The summed E-state index contributed by atoms with van der Waals surface area (Å²) < 4.78 is 0. The number of rotatable bonds is 3. The maximum Gasteiger partial charge on any atom is 0.0251 e. The van der Waals surface area contributed by atoms with E-state index in [1.54, 1.807) is 0 Å². The van der Waals surface area contributed by atoms with Crippen molar-refractivity contribution < 1.29 is 0 Å². The molecule has 2 bridgehead atoms. The topological polar surface area (TPSA) is 58.5 Å². The van der Waals surface area contributed by atoms with Gasteiger partial charge in [0.1, 0.15) is 0 Å². The highest BCUT2D eigenvalue weighted by atomic mass is 15.3. The fourth-order valence-electron chi connectivity index (χ4n) is 4.00. The Balaban J connectivity index is 1.43. The Bertz CT molecular complexity index is 294. The molecule has 3 atom stereocenters. The Hall–Kier alpha value is -0.160. The summed E-state index contributed by atoms with van der Waals surface area (Å²) in [4.78, 5) is 5.21. The van der Waals surface area contributed by atoms with Gasteiger partial charge in [0.15, 0.2) is 0 Å². The number of hydrogen-bond acceptors (Lipinski definition) is 4. The number of hydrogen-bond donors (Lipinski definition) is 2. The average Bonchev–Trinajstić information content (AvgIpc) is 2.86. The Kier molecular flexibility index (Phi) is 3.39. The third-order valence-corrected chi connectivity index (χ3v) is 5.34. The third-order valence-electron chi connectivity index (χ3n) is 5.34. The smallest absolute Gasteiger partial charge is 0.0251 e. The standard InChI is InChI=1S/C14H28N4/c1-14(16)2-4-17(5-3-14)6-7-18-10-11-8-12(15)13(18)9-11/h11-13H,2-10,15-16H2,1H3/t11?,12-,13?/m1/s1. The zero-order chi connectivity index (χ0) is 12.8. The molecule has 0 radical (unpaired) electrons. The van der Waals surface area contributed by atoms with E-state index in [2.05, 4.69) is 16.7 Å². The zero-order valence-electron chi connectivity index (χ0n) is 11.6. The van der Waals surface area contributed by atoms with E-state index in [9.17, 15) is 0 Å². The predicted octanol–water partition coefficient (Wildman–Crippen LogP) is 0.221. The molecule has 0 amide bonds. The quantitative estimate of drug-likeness (QED) is 0.754. The second-order valence-electron chi connectivity index (χ2n) is 7.06. The van der Waals surface area contributed by atoms with Gasteiger partial charge in [-0.15, -0.1) is 0 Å². The highest BCUT2D eigenvalue weighted by Gasteiger charge is 2.42. The predicted molar refractivity (Wildman–Crippen MR) is 74.3 cm³/mol. The lowest BCUT2D eigenvalue weighted by molar-refractivity contribution is 0.128. The molecule has 4 N–H and O–H groups in total. The fourth-order valence-corrected chi connectivity index (χ4v) is 4.00. The van der Waals surface area contributed by atoms with Crippen LogP contribution < -0.4 is 11.5 Å². The highest BCUT2D eigenvalue weighted by Crippen LogP contribution is 2.36. The van der Waals surface area contributed by atoms with Crippen molar-refractivity contribution in [2.24, 2.45) is 17.4 Å². The molecule has 0 aromatic carbocycles. The van der Waals surface area contributed by atoms with Crippen LogP contribution in [-0.2, 0) is 0 Å². The molecule has 4 heteroatoms. The Morgan fingerprint density at radius 3 is 2.50 bits per heavy atom. The molecular formula is C14H28N4. The molecule has 2 aliphatic heterocycles. The van der Waals surface area contributed by atoms with Gasteiger partial charge in [0.2, 0.25) is 0 Å². The van der Waals surface area contributed by atoms with Gasteiger partial charge in [-0.3, -0.25) is 4.90 Å². The van der Waals surface area contributed by atoms with Crippen LogP contribution in [0.3, 0.4) is 0 Å². The van der Waals surface area contributed by atoms with E-state index in [-0.39, 0.29) is 5.54 Å². The van der Waals surface area contributed by atoms with E-state index in [0.717, 1.165) is 18.8 Å². The number of piperidine rings is 2. The summed E-state index contributed by atoms with van der Waals surface area (Å²) >= 11 is 0. The van der Waals surface area contributed by atoms with E-state index >= 15 is 0 Å². The summed E-state index contributed by atoms with van der Waals surface area (Å²) in [5.74, 6) is 0.888. The van der Waals surface area contributed by atoms with Gasteiger partial charge in [0.25, 0.3) is 0 Å². The van der Waals surface area contributed by atoms with Gasteiger partial charge in [-0.1, -0.05) is 0 Å². The average molecular weight is 252 g/mol. The Labute approximate surface area is 111 Å². The lowest BCUT2D eigenvalue weighted by Crippen LogP contribution is -2.51. The molecule has 2 unspecified atom stereocenters. The fraction of sp³-hybridized carbons (Fsp3) is 1.00. The van der Waals surface area contributed by atoms with Gasteiger partial charge in [0, 0.05) is 37.3 Å². The van der Waals surface area contributed by atoms with Crippen LogP contribution in [0.2, 0.25) is 0 Å². The molecule has 4 nitrogen and oxygen atoms in total. The Morgan fingerprint density at radius 2 is 1.89 bits per heavy atom. The first-order valence-corrected chi connectivity index (χ1v) is 7.54. The van der Waals surface area contributed by atoms with E-state index in [1.165, 1.54) is 45.6 Å². The number of likely N-dealkylation sites (tertiary alicyclic amines) is 2. The van der Waals surface area contributed by atoms with Crippen molar-refractivity contribution in [3.8, 4) is 0 Å². The largest absolute Gasteiger partial charge is 0.326 e. The van der Waals surface area contributed by atoms with Crippen LogP contribution in [0.25, 0.3) is 0 Å². The first kappa shape index (κ1) is 12.9. The summed E-state index contributed by atoms with van der Waals surface area (Å²) in [6.45, 7) is 8.22. The van der Waals surface area contributed by atoms with E-state index < -0.39 is 0 Å². The van der Waals surface area contributed by atoms with Crippen molar-refractivity contribution in [2.75, 3.05) is 32.7 Å². The molecule has 1 aliphatic carbocycles. The monoisotopic (exact) mass is 252 g/mol. The number of fused-ring (bicyclic) bond motifs is 2. The lowest BCUT2D eigenvalue weighted by Gasteiger charge is -2.38. The van der Waals surface area contributed by atoms with Crippen molar-refractivity contribution >= 4 is 0 Å². The van der Waals surface area contributed by atoms with Crippen molar-refractivity contribution in [3.63, 3.8) is 0 Å². The van der Waals surface area contributed by atoms with Gasteiger partial charge in [-0.2, -0.15) is 0 Å². The molecule has 3 rings (SSSR count). The second-order valence-corrected chi connectivity index (χ2v) is 7.06. The third kappa shape index (κ3) is 2.57. The molecular weight excluding hydrogens is 224 g/mol. The van der Waals surface area contributed by atoms with E-state index in [1.807, 2.05) is 0 Å². The SMILES string of the molecule is CC1(N)CCN(CCN2CC3CC2[C@H](N)C3)CC1. The van der Waals surface area contributed by atoms with Crippen LogP contribution in [0.15, 0.2) is 0 Å². The van der Waals surface area contributed by atoms with Crippen LogP contribution in [0.4, 0.5) is 0 Å². The van der Waals surface area contributed by atoms with Crippen LogP contribution in [0.5, 0.6) is 0 Å². The maximum atomic E-state index is 6.18. The zero-order valence-corrected chi connectivity index (χ0v) is 11.6. The van der Waals surface area contributed by atoms with Gasteiger partial charge in [0.05, 0.1) is 0 Å². The van der Waals surface area contributed by atoms with E-state index in [4.69, 9.17) is 11.5 Å². The summed E-state index contributed by atoms with van der Waals surface area (Å²) in [6.07, 6.45) is 4.88. The van der Waals surface area contributed by atoms with Crippen molar-refractivity contribution in [1.82, 2.24) is 9.80 Å². The van der Waals surface area contributed by atoms with Crippen LogP contribution in [-0.4, -0.2) is 60.1 Å². The molecule has 104 valence electrons. The van der Waals surface area contributed by atoms with E-state index in [0.29, 0.717) is 12.1 Å². The molecule has 3 aliphatic rings. The summed E-state index contributed by atoms with van der Waals surface area (Å²) in [5, 5.41) is 0. The molecule has 1 saturated carbocycles. The number of nitrogens with two attached hydrogens (primary N) is 2. The second kappa shape index (κ2) is 4.75. The maximum absolute atomic E-state index is 6.18. The molecule has 0 spiro atoms. The lowest BCUT2D eigenvalue weighted by atomic mass is 9.91. The summed E-state index contributed by atoms with van der Waals surface area (Å²) in [5.41, 5.74) is 12.4. The Morgan fingerprint density at radius 1 is 1.17 bits per heavy atom. The van der Waals surface area contributed by atoms with Crippen molar-refractivity contribution in [2.45, 2.75) is 50.2 Å². The first-order valence-electron chi connectivity index (χ1n) is 7.54. The van der Waals surface area contributed by atoms with Crippen LogP contribution in [0, 0.1) is 5.92 Å².